The van der Waals surface area contributed by atoms with Crippen molar-refractivity contribution in [2.24, 2.45) is 5.92 Å². The van der Waals surface area contributed by atoms with E-state index in [2.05, 4.69) is 15.9 Å². The summed E-state index contributed by atoms with van der Waals surface area (Å²) in [6.45, 7) is 0. The van der Waals surface area contributed by atoms with Crippen molar-refractivity contribution in [3.8, 4) is 5.75 Å². The molecule has 1 aromatic carbocycles. The SMILES string of the molecule is COc1ccc(C2(O)OC(=O)C3CCCCC32Br)cc1. The Morgan fingerprint density at radius 2 is 2.05 bits per heavy atom. The molecule has 0 radical (unpaired) electrons. The van der Waals surface area contributed by atoms with Crippen LogP contribution in [0.2, 0.25) is 0 Å². The number of ether oxygens (including phenoxy) is 2. The van der Waals surface area contributed by atoms with Gasteiger partial charge in [-0.3, -0.25) is 4.79 Å². The standard InChI is InChI=1S/C15H17BrO4/c1-19-11-7-5-10(6-8-11)15(18)14(16)9-3-2-4-12(14)13(17)20-15/h5-8,12,18H,2-4,9H2,1H3. The number of hydrogen-bond donors (Lipinski definition) is 1. The summed E-state index contributed by atoms with van der Waals surface area (Å²) in [7, 11) is 1.59. The Morgan fingerprint density at radius 3 is 2.70 bits per heavy atom. The average Bonchev–Trinajstić information content (AvgIpc) is 2.67. The molecular weight excluding hydrogens is 324 g/mol. The predicted molar refractivity (Wildman–Crippen MR) is 76.6 cm³/mol. The second kappa shape index (κ2) is 4.74. The maximum absolute atomic E-state index is 12.1. The molecule has 3 rings (SSSR count). The summed E-state index contributed by atoms with van der Waals surface area (Å²) in [6, 6.07) is 7.00. The number of fused-ring (bicyclic) bond motifs is 1. The van der Waals surface area contributed by atoms with Gasteiger partial charge in [0.2, 0.25) is 0 Å². The van der Waals surface area contributed by atoms with Crippen molar-refractivity contribution >= 4 is 21.9 Å². The molecular formula is C15H17BrO4. The topological polar surface area (TPSA) is 55.8 Å². The van der Waals surface area contributed by atoms with Crippen LogP contribution in [0.15, 0.2) is 24.3 Å². The van der Waals surface area contributed by atoms with Crippen LogP contribution < -0.4 is 4.74 Å². The van der Waals surface area contributed by atoms with Gasteiger partial charge in [0.25, 0.3) is 5.79 Å². The van der Waals surface area contributed by atoms with Crippen LogP contribution in [0.1, 0.15) is 31.2 Å². The number of benzene rings is 1. The molecule has 0 spiro atoms. The van der Waals surface area contributed by atoms with Crippen molar-refractivity contribution in [3.63, 3.8) is 0 Å². The lowest BCUT2D eigenvalue weighted by atomic mass is 9.74. The zero-order valence-corrected chi connectivity index (χ0v) is 12.9. The van der Waals surface area contributed by atoms with Gasteiger partial charge in [-0.2, -0.15) is 0 Å². The molecule has 1 N–H and O–H groups in total. The molecule has 108 valence electrons. The fourth-order valence-electron chi connectivity index (χ4n) is 3.26. The van der Waals surface area contributed by atoms with Crippen LogP contribution in [0.5, 0.6) is 5.75 Å². The number of methoxy groups -OCH3 is 1. The number of carbonyl (C=O) groups is 1. The summed E-state index contributed by atoms with van der Waals surface area (Å²) < 4.78 is 9.77. The lowest BCUT2D eigenvalue weighted by molar-refractivity contribution is -0.201. The van der Waals surface area contributed by atoms with E-state index in [-0.39, 0.29) is 11.9 Å². The quantitative estimate of drug-likeness (QED) is 0.664. The van der Waals surface area contributed by atoms with Crippen molar-refractivity contribution in [3.05, 3.63) is 29.8 Å². The summed E-state index contributed by atoms with van der Waals surface area (Å²) in [5, 5.41) is 11.0. The number of rotatable bonds is 2. The normalized spacial score (nSPS) is 36.4. The number of cyclic esters (lactones) is 1. The van der Waals surface area contributed by atoms with Gasteiger partial charge in [-0.05, 0) is 37.1 Å². The zero-order valence-electron chi connectivity index (χ0n) is 11.3. The van der Waals surface area contributed by atoms with E-state index in [1.54, 1.807) is 31.4 Å². The predicted octanol–water partition coefficient (Wildman–Crippen LogP) is 2.72. The number of hydrogen-bond acceptors (Lipinski definition) is 4. The molecule has 1 aliphatic heterocycles. The highest BCUT2D eigenvalue weighted by atomic mass is 79.9. The highest BCUT2D eigenvalue weighted by Crippen LogP contribution is 2.57. The minimum absolute atomic E-state index is 0.289. The third-order valence-electron chi connectivity index (χ3n) is 4.41. The van der Waals surface area contributed by atoms with Gasteiger partial charge < -0.3 is 14.6 Å². The largest absolute Gasteiger partial charge is 0.497 e. The molecule has 0 bridgehead atoms. The van der Waals surface area contributed by atoms with Crippen molar-refractivity contribution < 1.29 is 19.4 Å². The van der Waals surface area contributed by atoms with Crippen molar-refractivity contribution in [2.45, 2.75) is 35.8 Å². The van der Waals surface area contributed by atoms with E-state index >= 15 is 0 Å². The van der Waals surface area contributed by atoms with E-state index in [0.717, 1.165) is 19.3 Å². The molecule has 5 heteroatoms. The summed E-state index contributed by atoms with van der Waals surface area (Å²) in [5.74, 6) is -1.52. The zero-order chi connectivity index (χ0) is 14.4. The second-order valence-electron chi connectivity index (χ2n) is 5.45. The Bertz CT molecular complexity index is 529. The van der Waals surface area contributed by atoms with E-state index in [0.29, 0.717) is 17.7 Å². The molecule has 4 nitrogen and oxygen atoms in total. The maximum atomic E-state index is 12.1. The molecule has 3 unspecified atom stereocenters. The van der Waals surface area contributed by atoms with Crippen molar-refractivity contribution in [1.82, 2.24) is 0 Å². The number of aliphatic hydroxyl groups is 1. The molecule has 1 saturated heterocycles. The van der Waals surface area contributed by atoms with Crippen LogP contribution in [-0.2, 0) is 15.3 Å². The van der Waals surface area contributed by atoms with Gasteiger partial charge in [0.05, 0.1) is 13.0 Å². The van der Waals surface area contributed by atoms with Gasteiger partial charge in [0.1, 0.15) is 10.1 Å². The Kier molecular flexibility index (Phi) is 3.29. The lowest BCUT2D eigenvalue weighted by Crippen LogP contribution is -2.48. The molecule has 1 aromatic rings. The molecule has 1 saturated carbocycles. The van der Waals surface area contributed by atoms with Gasteiger partial charge in [0, 0.05) is 5.56 Å². The Hall–Kier alpha value is -1.07. The van der Waals surface area contributed by atoms with Crippen LogP contribution in [0, 0.1) is 5.92 Å². The fraction of sp³-hybridized carbons (Fsp3) is 0.533. The molecule has 2 aliphatic rings. The first-order chi connectivity index (χ1) is 9.51. The summed E-state index contributed by atoms with van der Waals surface area (Å²) in [5.41, 5.74) is 0.577. The molecule has 1 aliphatic carbocycles. The van der Waals surface area contributed by atoms with Gasteiger partial charge in [-0.25, -0.2) is 0 Å². The fourth-order valence-corrected chi connectivity index (χ4v) is 4.27. The third kappa shape index (κ3) is 1.79. The lowest BCUT2D eigenvalue weighted by Gasteiger charge is -2.40. The number of halogens is 1. The van der Waals surface area contributed by atoms with Crippen LogP contribution in [0.25, 0.3) is 0 Å². The third-order valence-corrected chi connectivity index (χ3v) is 5.90. The smallest absolute Gasteiger partial charge is 0.313 e. The van der Waals surface area contributed by atoms with Crippen molar-refractivity contribution in [2.75, 3.05) is 7.11 Å². The Labute approximate surface area is 126 Å². The van der Waals surface area contributed by atoms with Gasteiger partial charge >= 0.3 is 5.97 Å². The first-order valence-electron chi connectivity index (χ1n) is 6.80. The minimum Gasteiger partial charge on any atom is -0.497 e. The van der Waals surface area contributed by atoms with E-state index in [1.807, 2.05) is 0 Å². The van der Waals surface area contributed by atoms with E-state index < -0.39 is 10.1 Å². The Balaban J connectivity index is 2.03. The van der Waals surface area contributed by atoms with Crippen LogP contribution in [-0.4, -0.2) is 22.5 Å². The molecule has 3 atom stereocenters. The highest BCUT2D eigenvalue weighted by molar-refractivity contribution is 9.10. The Morgan fingerprint density at radius 1 is 1.35 bits per heavy atom. The average molecular weight is 341 g/mol. The maximum Gasteiger partial charge on any atom is 0.313 e. The van der Waals surface area contributed by atoms with E-state index in [1.165, 1.54) is 0 Å². The first-order valence-corrected chi connectivity index (χ1v) is 7.59. The summed E-state index contributed by atoms with van der Waals surface area (Å²) >= 11 is 3.63. The number of esters is 1. The molecule has 0 amide bonds. The highest BCUT2D eigenvalue weighted by Gasteiger charge is 2.66. The van der Waals surface area contributed by atoms with Gasteiger partial charge in [-0.1, -0.05) is 28.8 Å². The molecule has 20 heavy (non-hydrogen) atoms. The monoisotopic (exact) mass is 340 g/mol. The van der Waals surface area contributed by atoms with Gasteiger partial charge in [0.15, 0.2) is 0 Å². The second-order valence-corrected chi connectivity index (χ2v) is 6.87. The van der Waals surface area contributed by atoms with Crippen LogP contribution >= 0.6 is 15.9 Å². The van der Waals surface area contributed by atoms with Gasteiger partial charge in [-0.15, -0.1) is 0 Å². The van der Waals surface area contributed by atoms with E-state index in [9.17, 15) is 9.90 Å². The summed E-state index contributed by atoms with van der Waals surface area (Å²) in [6.07, 6.45) is 3.43. The molecule has 0 aromatic heterocycles. The summed E-state index contributed by atoms with van der Waals surface area (Å²) in [4.78, 5) is 12.1. The number of alkyl halides is 1. The molecule has 2 fully saturated rings. The van der Waals surface area contributed by atoms with Crippen LogP contribution in [0.4, 0.5) is 0 Å². The number of carbonyl (C=O) groups excluding carboxylic acids is 1. The first kappa shape index (κ1) is 13.9. The van der Waals surface area contributed by atoms with Crippen molar-refractivity contribution in [1.29, 1.82) is 0 Å². The molecule has 1 heterocycles. The minimum atomic E-state index is -1.61. The van der Waals surface area contributed by atoms with E-state index in [4.69, 9.17) is 9.47 Å². The van der Waals surface area contributed by atoms with Crippen LogP contribution in [0.3, 0.4) is 0 Å².